The Morgan fingerprint density at radius 3 is 2.80 bits per heavy atom. The number of halogens is 1. The molecule has 3 heteroatoms. The lowest BCUT2D eigenvalue weighted by molar-refractivity contribution is 0.517. The predicted molar refractivity (Wildman–Crippen MR) is 42.2 cm³/mol. The third kappa shape index (κ3) is 1.32. The van der Waals surface area contributed by atoms with Gasteiger partial charge in [-0.25, -0.2) is 0 Å². The zero-order valence-electron chi connectivity index (χ0n) is 6.21. The molecule has 0 aliphatic rings. The fourth-order valence-corrected chi connectivity index (χ4v) is 1.12. The van der Waals surface area contributed by atoms with Gasteiger partial charge in [-0.1, -0.05) is 0 Å². The second-order valence-corrected chi connectivity index (χ2v) is 2.76. The summed E-state index contributed by atoms with van der Waals surface area (Å²) in [4.78, 5) is 0. The molecule has 0 amide bonds. The van der Waals surface area contributed by atoms with Crippen LogP contribution < -0.4 is 0 Å². The molecule has 0 unspecified atom stereocenters. The van der Waals surface area contributed by atoms with Gasteiger partial charge in [-0.15, -0.1) is 11.6 Å². The van der Waals surface area contributed by atoms with Crippen LogP contribution in [0.25, 0.3) is 0 Å². The first-order valence-electron chi connectivity index (χ1n) is 3.34. The molecule has 1 aromatic heterocycles. The Morgan fingerprint density at radius 2 is 2.40 bits per heavy atom. The van der Waals surface area contributed by atoms with Gasteiger partial charge in [-0.3, -0.25) is 4.68 Å². The van der Waals surface area contributed by atoms with Crippen molar-refractivity contribution >= 4 is 11.6 Å². The largest absolute Gasteiger partial charge is 0.266 e. The van der Waals surface area contributed by atoms with Crippen LogP contribution in [-0.2, 0) is 5.88 Å². The molecule has 10 heavy (non-hydrogen) atoms. The van der Waals surface area contributed by atoms with Gasteiger partial charge in [-0.05, 0) is 19.9 Å². The number of alkyl halides is 1. The van der Waals surface area contributed by atoms with Crippen molar-refractivity contribution in [1.29, 1.82) is 0 Å². The van der Waals surface area contributed by atoms with Gasteiger partial charge in [-0.2, -0.15) is 5.10 Å². The van der Waals surface area contributed by atoms with Gasteiger partial charge < -0.3 is 0 Å². The number of hydrogen-bond donors (Lipinski definition) is 0. The molecule has 0 radical (unpaired) electrons. The molecule has 0 atom stereocenters. The van der Waals surface area contributed by atoms with Crippen LogP contribution in [0.4, 0.5) is 0 Å². The van der Waals surface area contributed by atoms with E-state index in [1.165, 1.54) is 0 Å². The average molecular weight is 159 g/mol. The maximum Gasteiger partial charge on any atom is 0.0644 e. The average Bonchev–Trinajstić information content (AvgIpc) is 2.33. The summed E-state index contributed by atoms with van der Waals surface area (Å²) in [6, 6.07) is 2.34. The Morgan fingerprint density at radius 1 is 1.70 bits per heavy atom. The quantitative estimate of drug-likeness (QED) is 0.604. The summed E-state index contributed by atoms with van der Waals surface area (Å²) in [7, 11) is 0. The van der Waals surface area contributed by atoms with Gasteiger partial charge in [0.1, 0.15) is 0 Å². The predicted octanol–water partition coefficient (Wildman–Crippen LogP) is 2.20. The van der Waals surface area contributed by atoms with Crippen LogP contribution in [0.15, 0.2) is 12.3 Å². The third-order valence-electron chi connectivity index (χ3n) is 1.38. The van der Waals surface area contributed by atoms with Crippen molar-refractivity contribution in [2.24, 2.45) is 0 Å². The maximum atomic E-state index is 5.66. The fourth-order valence-electron chi connectivity index (χ4n) is 0.912. The summed E-state index contributed by atoms with van der Waals surface area (Å²) in [5.74, 6) is 0.540. The van der Waals surface area contributed by atoms with Crippen molar-refractivity contribution in [1.82, 2.24) is 9.78 Å². The minimum Gasteiger partial charge on any atom is -0.266 e. The Hall–Kier alpha value is -0.500. The van der Waals surface area contributed by atoms with Crippen molar-refractivity contribution in [3.63, 3.8) is 0 Å². The molecule has 1 rings (SSSR count). The molecule has 0 aliphatic carbocycles. The van der Waals surface area contributed by atoms with Crippen molar-refractivity contribution in [3.05, 3.63) is 18.0 Å². The molecule has 1 aromatic rings. The van der Waals surface area contributed by atoms with E-state index in [2.05, 4.69) is 18.9 Å². The standard InChI is InChI=1S/C7H11ClN2/c1-6(2)10-7(5-8)3-4-9-10/h3-4,6H,5H2,1-2H3. The maximum absolute atomic E-state index is 5.66. The zero-order valence-corrected chi connectivity index (χ0v) is 6.97. The van der Waals surface area contributed by atoms with E-state index in [1.54, 1.807) is 6.20 Å². The molecule has 0 saturated carbocycles. The minimum absolute atomic E-state index is 0.406. The normalized spacial score (nSPS) is 10.8. The van der Waals surface area contributed by atoms with E-state index < -0.39 is 0 Å². The van der Waals surface area contributed by atoms with E-state index in [-0.39, 0.29) is 0 Å². The van der Waals surface area contributed by atoms with Crippen LogP contribution in [0.2, 0.25) is 0 Å². The summed E-state index contributed by atoms with van der Waals surface area (Å²) in [5.41, 5.74) is 1.08. The monoisotopic (exact) mass is 158 g/mol. The van der Waals surface area contributed by atoms with E-state index in [0.29, 0.717) is 11.9 Å². The van der Waals surface area contributed by atoms with E-state index in [4.69, 9.17) is 11.6 Å². The van der Waals surface area contributed by atoms with Crippen molar-refractivity contribution < 1.29 is 0 Å². The Balaban J connectivity index is 2.90. The zero-order chi connectivity index (χ0) is 7.56. The molecular weight excluding hydrogens is 148 g/mol. The van der Waals surface area contributed by atoms with E-state index in [9.17, 15) is 0 Å². The summed E-state index contributed by atoms with van der Waals surface area (Å²) in [6.45, 7) is 4.17. The molecule has 0 fully saturated rings. The van der Waals surface area contributed by atoms with Crippen LogP contribution >= 0.6 is 11.6 Å². The highest BCUT2D eigenvalue weighted by Gasteiger charge is 2.02. The van der Waals surface area contributed by atoms with Gasteiger partial charge in [0, 0.05) is 12.2 Å². The highest BCUT2D eigenvalue weighted by molar-refractivity contribution is 6.16. The number of hydrogen-bond acceptors (Lipinski definition) is 1. The molecule has 56 valence electrons. The number of aromatic nitrogens is 2. The van der Waals surface area contributed by atoms with Crippen molar-refractivity contribution in [3.8, 4) is 0 Å². The molecule has 0 N–H and O–H groups in total. The first-order chi connectivity index (χ1) is 4.75. The molecule has 0 spiro atoms. The third-order valence-corrected chi connectivity index (χ3v) is 1.65. The first kappa shape index (κ1) is 7.61. The van der Waals surface area contributed by atoms with E-state index in [0.717, 1.165) is 5.69 Å². The van der Waals surface area contributed by atoms with Gasteiger partial charge in [0.15, 0.2) is 0 Å². The van der Waals surface area contributed by atoms with Crippen LogP contribution in [0.1, 0.15) is 25.6 Å². The van der Waals surface area contributed by atoms with Gasteiger partial charge in [0.05, 0.1) is 11.6 Å². The molecule has 0 aliphatic heterocycles. The molecule has 1 heterocycles. The number of nitrogens with zero attached hydrogens (tertiary/aromatic N) is 2. The van der Waals surface area contributed by atoms with Crippen molar-refractivity contribution in [2.45, 2.75) is 25.8 Å². The Kier molecular flexibility index (Phi) is 2.33. The van der Waals surface area contributed by atoms with Gasteiger partial charge in [0.2, 0.25) is 0 Å². The van der Waals surface area contributed by atoms with E-state index in [1.807, 2.05) is 10.7 Å². The number of rotatable bonds is 2. The van der Waals surface area contributed by atoms with Crippen LogP contribution in [-0.4, -0.2) is 9.78 Å². The smallest absolute Gasteiger partial charge is 0.0644 e. The molecule has 0 aromatic carbocycles. The van der Waals surface area contributed by atoms with Crippen LogP contribution in [0, 0.1) is 0 Å². The Labute approximate surface area is 65.8 Å². The topological polar surface area (TPSA) is 17.8 Å². The minimum atomic E-state index is 0.406. The molecule has 2 nitrogen and oxygen atoms in total. The lowest BCUT2D eigenvalue weighted by atomic mass is 10.4. The Bertz CT molecular complexity index is 205. The second kappa shape index (κ2) is 3.06. The first-order valence-corrected chi connectivity index (χ1v) is 3.87. The molecule has 0 bridgehead atoms. The molecule has 0 saturated heterocycles. The summed E-state index contributed by atoms with van der Waals surface area (Å²) in [6.07, 6.45) is 1.78. The SMILES string of the molecule is CC(C)n1nccc1CCl. The van der Waals surface area contributed by atoms with Crippen LogP contribution in [0.3, 0.4) is 0 Å². The lowest BCUT2D eigenvalue weighted by Crippen LogP contribution is -2.05. The lowest BCUT2D eigenvalue weighted by Gasteiger charge is -2.07. The fraction of sp³-hybridized carbons (Fsp3) is 0.571. The van der Waals surface area contributed by atoms with Crippen molar-refractivity contribution in [2.75, 3.05) is 0 Å². The summed E-state index contributed by atoms with van der Waals surface area (Å²) >= 11 is 5.66. The molecular formula is C7H11ClN2. The highest BCUT2D eigenvalue weighted by Crippen LogP contribution is 2.09. The van der Waals surface area contributed by atoms with E-state index >= 15 is 0 Å². The second-order valence-electron chi connectivity index (χ2n) is 2.49. The highest BCUT2D eigenvalue weighted by atomic mass is 35.5. The summed E-state index contributed by atoms with van der Waals surface area (Å²) < 4.78 is 1.92. The van der Waals surface area contributed by atoms with Crippen LogP contribution in [0.5, 0.6) is 0 Å². The summed E-state index contributed by atoms with van der Waals surface area (Å²) in [5, 5.41) is 4.12. The van der Waals surface area contributed by atoms with Gasteiger partial charge in [0.25, 0.3) is 0 Å². The van der Waals surface area contributed by atoms with Gasteiger partial charge >= 0.3 is 0 Å².